The van der Waals surface area contributed by atoms with Crippen LogP contribution in [0.2, 0.25) is 0 Å². The minimum Gasteiger partial charge on any atom is -0.325 e. The molecule has 0 amide bonds. The quantitative estimate of drug-likeness (QED) is 0.833. The molecular formula is C11H20N2S. The van der Waals surface area contributed by atoms with E-state index in [9.17, 15) is 0 Å². The first-order chi connectivity index (χ1) is 6.48. The Morgan fingerprint density at radius 1 is 1.57 bits per heavy atom. The van der Waals surface area contributed by atoms with Crippen molar-refractivity contribution < 1.29 is 0 Å². The summed E-state index contributed by atoms with van der Waals surface area (Å²) in [5, 5.41) is 3.25. The predicted molar refractivity (Wildman–Crippen MR) is 62.6 cm³/mol. The SMILES string of the molecule is CCC(N)(Cc1csc(C)n1)C(C)C. The average molecular weight is 212 g/mol. The van der Waals surface area contributed by atoms with Gasteiger partial charge in [-0.05, 0) is 19.3 Å². The van der Waals surface area contributed by atoms with E-state index in [2.05, 4.69) is 31.1 Å². The van der Waals surface area contributed by atoms with Gasteiger partial charge in [-0.3, -0.25) is 0 Å². The molecule has 1 atom stereocenters. The molecule has 2 nitrogen and oxygen atoms in total. The van der Waals surface area contributed by atoms with Gasteiger partial charge in [0.1, 0.15) is 0 Å². The van der Waals surface area contributed by atoms with Gasteiger partial charge in [0.15, 0.2) is 0 Å². The van der Waals surface area contributed by atoms with Crippen molar-refractivity contribution in [2.24, 2.45) is 11.7 Å². The van der Waals surface area contributed by atoms with E-state index in [1.54, 1.807) is 11.3 Å². The summed E-state index contributed by atoms with van der Waals surface area (Å²) in [5.41, 5.74) is 7.39. The summed E-state index contributed by atoms with van der Waals surface area (Å²) in [7, 11) is 0. The Morgan fingerprint density at radius 2 is 2.21 bits per heavy atom. The van der Waals surface area contributed by atoms with Crippen molar-refractivity contribution in [2.45, 2.75) is 46.1 Å². The third kappa shape index (κ3) is 2.55. The van der Waals surface area contributed by atoms with Gasteiger partial charge in [0, 0.05) is 17.3 Å². The van der Waals surface area contributed by atoms with E-state index >= 15 is 0 Å². The summed E-state index contributed by atoms with van der Waals surface area (Å²) in [4.78, 5) is 4.46. The van der Waals surface area contributed by atoms with Gasteiger partial charge < -0.3 is 5.73 Å². The first-order valence-corrected chi connectivity index (χ1v) is 6.06. The molecule has 0 saturated heterocycles. The van der Waals surface area contributed by atoms with Crippen LogP contribution in [0.5, 0.6) is 0 Å². The van der Waals surface area contributed by atoms with Crippen LogP contribution in [0, 0.1) is 12.8 Å². The number of nitrogens with zero attached hydrogens (tertiary/aromatic N) is 1. The lowest BCUT2D eigenvalue weighted by molar-refractivity contribution is 0.294. The van der Waals surface area contributed by atoms with Crippen molar-refractivity contribution in [3.8, 4) is 0 Å². The molecule has 1 heterocycles. The van der Waals surface area contributed by atoms with E-state index < -0.39 is 0 Å². The number of hydrogen-bond donors (Lipinski definition) is 1. The second-order valence-electron chi connectivity index (χ2n) is 4.28. The fraction of sp³-hybridized carbons (Fsp3) is 0.727. The van der Waals surface area contributed by atoms with Crippen LogP contribution in [0.3, 0.4) is 0 Å². The smallest absolute Gasteiger partial charge is 0.0897 e. The predicted octanol–water partition coefficient (Wildman–Crippen LogP) is 2.76. The van der Waals surface area contributed by atoms with Gasteiger partial charge in [0.05, 0.1) is 10.7 Å². The molecule has 14 heavy (non-hydrogen) atoms. The van der Waals surface area contributed by atoms with E-state index in [0.29, 0.717) is 5.92 Å². The topological polar surface area (TPSA) is 38.9 Å². The number of nitrogens with two attached hydrogens (primary N) is 1. The summed E-state index contributed by atoms with van der Waals surface area (Å²) >= 11 is 1.70. The summed E-state index contributed by atoms with van der Waals surface area (Å²) in [6.45, 7) is 8.55. The van der Waals surface area contributed by atoms with Crippen LogP contribution < -0.4 is 5.73 Å². The molecule has 0 radical (unpaired) electrons. The van der Waals surface area contributed by atoms with E-state index in [1.807, 2.05) is 6.92 Å². The highest BCUT2D eigenvalue weighted by molar-refractivity contribution is 7.09. The first-order valence-electron chi connectivity index (χ1n) is 5.18. The summed E-state index contributed by atoms with van der Waals surface area (Å²) in [6, 6.07) is 0. The zero-order chi connectivity index (χ0) is 10.8. The molecule has 2 N–H and O–H groups in total. The monoisotopic (exact) mass is 212 g/mol. The van der Waals surface area contributed by atoms with Gasteiger partial charge in [-0.15, -0.1) is 11.3 Å². The summed E-state index contributed by atoms with van der Waals surface area (Å²) in [5.74, 6) is 0.495. The zero-order valence-corrected chi connectivity index (χ0v) is 10.3. The normalized spacial score (nSPS) is 15.9. The van der Waals surface area contributed by atoms with Crippen LogP contribution >= 0.6 is 11.3 Å². The first kappa shape index (κ1) is 11.7. The van der Waals surface area contributed by atoms with Crippen molar-refractivity contribution in [1.82, 2.24) is 4.98 Å². The second kappa shape index (κ2) is 4.41. The van der Waals surface area contributed by atoms with Gasteiger partial charge in [-0.25, -0.2) is 4.98 Å². The molecule has 0 aliphatic carbocycles. The fourth-order valence-corrected chi connectivity index (χ4v) is 2.18. The van der Waals surface area contributed by atoms with Gasteiger partial charge in [-0.1, -0.05) is 20.8 Å². The Kier molecular flexibility index (Phi) is 3.67. The molecule has 0 aliphatic heterocycles. The lowest BCUT2D eigenvalue weighted by Gasteiger charge is -2.31. The molecule has 0 fully saturated rings. The number of aromatic nitrogens is 1. The summed E-state index contributed by atoms with van der Waals surface area (Å²) < 4.78 is 0. The van der Waals surface area contributed by atoms with Crippen LogP contribution in [0.4, 0.5) is 0 Å². The zero-order valence-electron chi connectivity index (χ0n) is 9.50. The lowest BCUT2D eigenvalue weighted by atomic mass is 9.81. The van der Waals surface area contributed by atoms with Gasteiger partial charge >= 0.3 is 0 Å². The number of thiazole rings is 1. The highest BCUT2D eigenvalue weighted by Gasteiger charge is 2.27. The molecular weight excluding hydrogens is 192 g/mol. The largest absolute Gasteiger partial charge is 0.325 e. The molecule has 0 bridgehead atoms. The highest BCUT2D eigenvalue weighted by Crippen LogP contribution is 2.23. The maximum atomic E-state index is 6.35. The van der Waals surface area contributed by atoms with E-state index in [1.165, 1.54) is 0 Å². The Balaban J connectivity index is 2.75. The molecule has 1 aromatic heterocycles. The summed E-state index contributed by atoms with van der Waals surface area (Å²) in [6.07, 6.45) is 1.90. The number of rotatable bonds is 4. The molecule has 0 aromatic carbocycles. The van der Waals surface area contributed by atoms with E-state index in [-0.39, 0.29) is 5.54 Å². The van der Waals surface area contributed by atoms with Crippen molar-refractivity contribution in [3.63, 3.8) is 0 Å². The molecule has 0 aliphatic rings. The van der Waals surface area contributed by atoms with E-state index in [0.717, 1.165) is 23.5 Å². The van der Waals surface area contributed by atoms with Crippen LogP contribution in [-0.2, 0) is 6.42 Å². The van der Waals surface area contributed by atoms with Crippen LogP contribution in [0.15, 0.2) is 5.38 Å². The maximum absolute atomic E-state index is 6.35. The molecule has 1 aromatic rings. The van der Waals surface area contributed by atoms with Crippen molar-refractivity contribution in [3.05, 3.63) is 16.1 Å². The molecule has 1 rings (SSSR count). The highest BCUT2D eigenvalue weighted by atomic mass is 32.1. The van der Waals surface area contributed by atoms with Gasteiger partial charge in [0.25, 0.3) is 0 Å². The Bertz CT molecular complexity index is 293. The molecule has 3 heteroatoms. The van der Waals surface area contributed by atoms with Crippen molar-refractivity contribution in [2.75, 3.05) is 0 Å². The fourth-order valence-electron chi connectivity index (χ4n) is 1.56. The Hall–Kier alpha value is -0.410. The third-order valence-electron chi connectivity index (χ3n) is 2.98. The standard InChI is InChI=1S/C11H20N2S/c1-5-11(12,8(2)3)6-10-7-14-9(4)13-10/h7-8H,5-6,12H2,1-4H3. The number of aryl methyl sites for hydroxylation is 1. The maximum Gasteiger partial charge on any atom is 0.0897 e. The number of hydrogen-bond acceptors (Lipinski definition) is 3. The average Bonchev–Trinajstić information content (AvgIpc) is 2.50. The molecule has 80 valence electrons. The third-order valence-corrected chi connectivity index (χ3v) is 3.81. The second-order valence-corrected chi connectivity index (χ2v) is 5.34. The molecule has 0 saturated carbocycles. The molecule has 1 unspecified atom stereocenters. The van der Waals surface area contributed by atoms with E-state index in [4.69, 9.17) is 5.73 Å². The molecule has 0 spiro atoms. The van der Waals surface area contributed by atoms with Crippen molar-refractivity contribution >= 4 is 11.3 Å². The van der Waals surface area contributed by atoms with Crippen LogP contribution in [0.25, 0.3) is 0 Å². The van der Waals surface area contributed by atoms with Crippen LogP contribution in [-0.4, -0.2) is 10.5 Å². The van der Waals surface area contributed by atoms with Crippen molar-refractivity contribution in [1.29, 1.82) is 0 Å². The van der Waals surface area contributed by atoms with Gasteiger partial charge in [0.2, 0.25) is 0 Å². The minimum atomic E-state index is -0.0967. The Morgan fingerprint density at radius 3 is 2.57 bits per heavy atom. The lowest BCUT2D eigenvalue weighted by Crippen LogP contribution is -2.46. The van der Waals surface area contributed by atoms with Crippen LogP contribution in [0.1, 0.15) is 37.9 Å². The minimum absolute atomic E-state index is 0.0967. The Labute approximate surface area is 90.6 Å². The van der Waals surface area contributed by atoms with Gasteiger partial charge in [-0.2, -0.15) is 0 Å².